The van der Waals surface area contributed by atoms with Crippen molar-refractivity contribution in [1.29, 1.82) is 0 Å². The highest BCUT2D eigenvalue weighted by Crippen LogP contribution is 2.23. The number of hydrogen-bond donors (Lipinski definition) is 2. The normalized spacial score (nSPS) is 15.2. The fourth-order valence-corrected chi connectivity index (χ4v) is 1.90. The van der Waals surface area contributed by atoms with Crippen LogP contribution in [-0.2, 0) is 12.8 Å². The quantitative estimate of drug-likeness (QED) is 0.848. The van der Waals surface area contributed by atoms with Crippen molar-refractivity contribution in [3.63, 3.8) is 0 Å². The first-order chi connectivity index (χ1) is 8.11. The first-order valence-electron chi connectivity index (χ1n) is 5.82. The zero-order chi connectivity index (χ0) is 12.3. The molecule has 3 nitrogen and oxygen atoms in total. The number of rotatable bonds is 4. The fraction of sp³-hybridized carbons (Fsp3) is 0.583. The molecule has 0 aromatic carbocycles. The molecule has 0 bridgehead atoms. The Labute approximate surface area is 98.9 Å². The summed E-state index contributed by atoms with van der Waals surface area (Å²) < 4.78 is 25.8. The lowest BCUT2D eigenvalue weighted by atomic mass is 10.1. The highest BCUT2D eigenvalue weighted by Gasteiger charge is 2.27. The van der Waals surface area contributed by atoms with Crippen LogP contribution in [0.4, 0.5) is 14.6 Å². The van der Waals surface area contributed by atoms with Crippen molar-refractivity contribution >= 4 is 5.82 Å². The topological polar surface area (TPSA) is 45.2 Å². The molecule has 94 valence electrons. The number of aliphatic hydroxyl groups excluding tert-OH is 1. The number of fused-ring (bicyclic) bond motifs is 1. The van der Waals surface area contributed by atoms with Crippen LogP contribution in [-0.4, -0.2) is 29.2 Å². The van der Waals surface area contributed by atoms with E-state index in [1.165, 1.54) is 0 Å². The van der Waals surface area contributed by atoms with Crippen molar-refractivity contribution in [3.8, 4) is 0 Å². The van der Waals surface area contributed by atoms with Crippen LogP contribution in [0, 0.1) is 0 Å². The molecular formula is C12H16F2N2O. The van der Waals surface area contributed by atoms with Gasteiger partial charge in [0.1, 0.15) is 12.4 Å². The number of nitrogens with zero attached hydrogens (tertiary/aromatic N) is 1. The van der Waals surface area contributed by atoms with Gasteiger partial charge in [0.05, 0.1) is 0 Å². The van der Waals surface area contributed by atoms with Crippen LogP contribution in [0.3, 0.4) is 0 Å². The van der Waals surface area contributed by atoms with E-state index in [0.29, 0.717) is 5.69 Å². The Hall–Kier alpha value is -1.23. The number of anilines is 1. The molecule has 1 aliphatic rings. The van der Waals surface area contributed by atoms with Crippen LogP contribution >= 0.6 is 0 Å². The number of aliphatic hydroxyl groups is 1. The maximum Gasteiger partial charge on any atom is 0.271 e. The number of aryl methyl sites for hydroxylation is 2. The minimum absolute atomic E-state index is 0.183. The molecule has 5 heteroatoms. The minimum Gasteiger partial charge on any atom is -0.390 e. The Balaban J connectivity index is 2.02. The molecule has 0 radical (unpaired) electrons. The van der Waals surface area contributed by atoms with Crippen LogP contribution in [0.1, 0.15) is 24.1 Å². The van der Waals surface area contributed by atoms with E-state index in [-0.39, 0.29) is 12.8 Å². The van der Waals surface area contributed by atoms with Crippen molar-refractivity contribution in [1.82, 2.24) is 4.98 Å². The molecule has 0 saturated heterocycles. The maximum atomic E-state index is 12.9. The number of aromatic nitrogens is 1. The zero-order valence-corrected chi connectivity index (χ0v) is 9.55. The second kappa shape index (κ2) is 4.96. The summed E-state index contributed by atoms with van der Waals surface area (Å²) in [6, 6.07) is 3.74. The molecule has 1 aromatic heterocycles. The third-order valence-corrected chi connectivity index (χ3v) is 2.93. The average molecular weight is 242 g/mol. The second-order valence-corrected chi connectivity index (χ2v) is 4.35. The third kappa shape index (κ3) is 3.12. The summed E-state index contributed by atoms with van der Waals surface area (Å²) in [6.45, 7) is -0.216. The first kappa shape index (κ1) is 12.2. The van der Waals surface area contributed by atoms with Crippen LogP contribution in [0.25, 0.3) is 0 Å². The summed E-state index contributed by atoms with van der Waals surface area (Å²) in [7, 11) is 0. The molecule has 0 fully saturated rings. The molecule has 0 amide bonds. The molecular weight excluding hydrogens is 226 g/mol. The number of alkyl halides is 2. The average Bonchev–Trinajstić information content (AvgIpc) is 2.36. The smallest absolute Gasteiger partial charge is 0.271 e. The van der Waals surface area contributed by atoms with Gasteiger partial charge in [-0.15, -0.1) is 0 Å². The summed E-state index contributed by atoms with van der Waals surface area (Å²) in [6.07, 6.45) is 1.89. The molecule has 2 heterocycles. The molecule has 0 saturated carbocycles. The number of pyridine rings is 1. The third-order valence-electron chi connectivity index (χ3n) is 2.93. The lowest BCUT2D eigenvalue weighted by Gasteiger charge is -2.18. The zero-order valence-electron chi connectivity index (χ0n) is 9.55. The summed E-state index contributed by atoms with van der Waals surface area (Å²) in [5.41, 5.74) is 1.79. The minimum atomic E-state index is -3.01. The van der Waals surface area contributed by atoms with Crippen molar-refractivity contribution < 1.29 is 13.9 Å². The van der Waals surface area contributed by atoms with Crippen molar-refractivity contribution in [3.05, 3.63) is 23.4 Å². The summed E-state index contributed by atoms with van der Waals surface area (Å²) in [4.78, 5) is 4.32. The molecule has 1 aliphatic heterocycles. The van der Waals surface area contributed by atoms with E-state index in [4.69, 9.17) is 5.11 Å². The Morgan fingerprint density at radius 1 is 1.41 bits per heavy atom. The van der Waals surface area contributed by atoms with Crippen molar-refractivity contribution in [2.75, 3.05) is 18.5 Å². The monoisotopic (exact) mass is 242 g/mol. The lowest BCUT2D eigenvalue weighted by Crippen LogP contribution is -2.22. The highest BCUT2D eigenvalue weighted by atomic mass is 19.3. The van der Waals surface area contributed by atoms with Gasteiger partial charge in [-0.05, 0) is 30.9 Å². The van der Waals surface area contributed by atoms with E-state index in [1.54, 1.807) is 6.07 Å². The highest BCUT2D eigenvalue weighted by molar-refractivity contribution is 5.46. The van der Waals surface area contributed by atoms with Crippen molar-refractivity contribution in [2.45, 2.75) is 31.6 Å². The fourth-order valence-electron chi connectivity index (χ4n) is 1.90. The molecule has 0 unspecified atom stereocenters. The van der Waals surface area contributed by atoms with E-state index in [0.717, 1.165) is 30.8 Å². The van der Waals surface area contributed by atoms with Gasteiger partial charge in [-0.3, -0.25) is 0 Å². The van der Waals surface area contributed by atoms with E-state index in [9.17, 15) is 8.78 Å². The Morgan fingerprint density at radius 3 is 3.00 bits per heavy atom. The van der Waals surface area contributed by atoms with Gasteiger partial charge in [0.15, 0.2) is 0 Å². The van der Waals surface area contributed by atoms with E-state index >= 15 is 0 Å². The van der Waals surface area contributed by atoms with Crippen LogP contribution < -0.4 is 5.32 Å². The summed E-state index contributed by atoms with van der Waals surface area (Å²) in [5.74, 6) is -2.19. The Bertz CT molecular complexity index is 396. The van der Waals surface area contributed by atoms with Gasteiger partial charge in [0.2, 0.25) is 0 Å². The largest absolute Gasteiger partial charge is 0.390 e. The number of hydrogen-bond acceptors (Lipinski definition) is 3. The SMILES string of the molecule is OCC(F)(F)CCc1ccc2c(n1)NCCC2. The number of nitrogens with one attached hydrogen (secondary N) is 1. The van der Waals surface area contributed by atoms with Crippen LogP contribution in [0.5, 0.6) is 0 Å². The Kier molecular flexibility index (Phi) is 3.57. The summed E-state index contributed by atoms with van der Waals surface area (Å²) in [5, 5.41) is 11.6. The van der Waals surface area contributed by atoms with E-state index < -0.39 is 12.5 Å². The van der Waals surface area contributed by atoms with Crippen LogP contribution in [0.2, 0.25) is 0 Å². The maximum absolute atomic E-state index is 12.9. The predicted octanol–water partition coefficient (Wildman–Crippen LogP) is 2.00. The van der Waals surface area contributed by atoms with E-state index in [1.807, 2.05) is 6.07 Å². The van der Waals surface area contributed by atoms with Gasteiger partial charge >= 0.3 is 0 Å². The van der Waals surface area contributed by atoms with E-state index in [2.05, 4.69) is 10.3 Å². The second-order valence-electron chi connectivity index (χ2n) is 4.35. The standard InChI is InChI=1S/C12H16F2N2O/c13-12(14,8-17)6-5-10-4-3-9-2-1-7-15-11(9)16-10/h3-4,17H,1-2,5-8H2,(H,15,16). The first-order valence-corrected chi connectivity index (χ1v) is 5.82. The molecule has 17 heavy (non-hydrogen) atoms. The molecule has 2 rings (SSSR count). The van der Waals surface area contributed by atoms with Gasteiger partial charge in [-0.2, -0.15) is 0 Å². The molecule has 0 aliphatic carbocycles. The Morgan fingerprint density at radius 2 is 2.24 bits per heavy atom. The molecule has 1 aromatic rings. The van der Waals surface area contributed by atoms with Gasteiger partial charge in [0, 0.05) is 18.7 Å². The van der Waals surface area contributed by atoms with Gasteiger partial charge < -0.3 is 10.4 Å². The van der Waals surface area contributed by atoms with Crippen LogP contribution in [0.15, 0.2) is 12.1 Å². The lowest BCUT2D eigenvalue weighted by molar-refractivity contribution is -0.0559. The molecule has 0 atom stereocenters. The number of halogens is 2. The summed E-state index contributed by atoms with van der Waals surface area (Å²) >= 11 is 0. The molecule has 0 spiro atoms. The van der Waals surface area contributed by atoms with Gasteiger partial charge in [-0.1, -0.05) is 6.07 Å². The predicted molar refractivity (Wildman–Crippen MR) is 61.4 cm³/mol. The van der Waals surface area contributed by atoms with Gasteiger partial charge in [0.25, 0.3) is 5.92 Å². The molecule has 2 N–H and O–H groups in total. The van der Waals surface area contributed by atoms with Gasteiger partial charge in [-0.25, -0.2) is 13.8 Å². The van der Waals surface area contributed by atoms with Crippen molar-refractivity contribution in [2.24, 2.45) is 0 Å².